The number of rotatable bonds is 6. The Balaban J connectivity index is 1.72. The summed E-state index contributed by atoms with van der Waals surface area (Å²) >= 11 is 4.03. The quantitative estimate of drug-likeness (QED) is 0.819. The van der Waals surface area contributed by atoms with E-state index in [4.69, 9.17) is 9.72 Å². The fourth-order valence-corrected chi connectivity index (χ4v) is 5.55. The van der Waals surface area contributed by atoms with Crippen molar-refractivity contribution in [2.45, 2.75) is 31.7 Å². The number of hydrogen-bond donors (Lipinski definition) is 1. The van der Waals surface area contributed by atoms with Gasteiger partial charge in [-0.05, 0) is 43.1 Å². The van der Waals surface area contributed by atoms with Gasteiger partial charge in [0.05, 0.1) is 18.3 Å². The second-order valence-corrected chi connectivity index (χ2v) is 7.59. The lowest BCUT2D eigenvalue weighted by atomic mass is 10.00. The molecule has 0 aromatic carbocycles. The molecule has 1 N–H and O–H groups in total. The van der Waals surface area contributed by atoms with Gasteiger partial charge in [-0.15, -0.1) is 11.3 Å². The van der Waals surface area contributed by atoms with E-state index in [9.17, 15) is 0 Å². The molecular formula is C14H22N2OS2. The third kappa shape index (κ3) is 3.15. The molecule has 1 aliphatic carbocycles. The molecule has 1 aromatic heterocycles. The van der Waals surface area contributed by atoms with E-state index in [0.29, 0.717) is 6.04 Å². The normalized spacial score (nSPS) is 23.7. The van der Waals surface area contributed by atoms with Crippen molar-refractivity contribution in [3.8, 4) is 0 Å². The molecule has 0 saturated carbocycles. The Morgan fingerprint density at radius 2 is 2.42 bits per heavy atom. The van der Waals surface area contributed by atoms with Crippen molar-refractivity contribution >= 4 is 23.1 Å². The van der Waals surface area contributed by atoms with Crippen LogP contribution >= 0.6 is 23.1 Å². The van der Waals surface area contributed by atoms with Crippen LogP contribution in [0.2, 0.25) is 0 Å². The molecule has 3 nitrogen and oxygen atoms in total. The van der Waals surface area contributed by atoms with Gasteiger partial charge in [-0.1, -0.05) is 0 Å². The molecule has 19 heavy (non-hydrogen) atoms. The molecule has 1 saturated heterocycles. The average molecular weight is 298 g/mol. The number of thiazole rings is 1. The number of fused-ring (bicyclic) bond motifs is 1. The first kappa shape index (κ1) is 13.9. The minimum atomic E-state index is 0.445. The maximum atomic E-state index is 5.17. The highest BCUT2D eigenvalue weighted by molar-refractivity contribution is 7.99. The van der Waals surface area contributed by atoms with Crippen molar-refractivity contribution in [1.29, 1.82) is 0 Å². The fourth-order valence-electron chi connectivity index (χ4n) is 2.93. The highest BCUT2D eigenvalue weighted by Crippen LogP contribution is 2.38. The highest BCUT2D eigenvalue weighted by Gasteiger charge is 2.30. The van der Waals surface area contributed by atoms with Crippen LogP contribution in [0.25, 0.3) is 0 Å². The molecule has 1 aromatic rings. The van der Waals surface area contributed by atoms with Gasteiger partial charge in [0.1, 0.15) is 5.01 Å². The van der Waals surface area contributed by atoms with E-state index in [2.05, 4.69) is 17.1 Å². The monoisotopic (exact) mass is 298 g/mol. The highest BCUT2D eigenvalue weighted by atomic mass is 32.2. The van der Waals surface area contributed by atoms with Crippen LogP contribution < -0.4 is 5.32 Å². The molecular weight excluding hydrogens is 276 g/mol. The van der Waals surface area contributed by atoms with Gasteiger partial charge in [0.25, 0.3) is 0 Å². The Kier molecular flexibility index (Phi) is 4.79. The Morgan fingerprint density at radius 3 is 3.16 bits per heavy atom. The maximum Gasteiger partial charge on any atom is 0.110 e. The summed E-state index contributed by atoms with van der Waals surface area (Å²) in [5, 5.41) is 5.00. The number of hydrogen-bond acceptors (Lipinski definition) is 5. The number of nitrogens with one attached hydrogen (secondary N) is 1. The summed E-state index contributed by atoms with van der Waals surface area (Å²) in [7, 11) is 1.76. The molecule has 0 bridgehead atoms. The van der Waals surface area contributed by atoms with Crippen LogP contribution in [-0.2, 0) is 17.6 Å². The Labute approximate surface area is 123 Å². The minimum Gasteiger partial charge on any atom is -0.383 e. The van der Waals surface area contributed by atoms with Gasteiger partial charge in [0, 0.05) is 18.5 Å². The number of nitrogens with zero attached hydrogens (tertiary/aromatic N) is 1. The first-order valence-electron chi connectivity index (χ1n) is 7.17. The number of ether oxygens (including phenoxy) is 1. The Bertz CT molecular complexity index is 394. The van der Waals surface area contributed by atoms with Crippen molar-refractivity contribution < 1.29 is 4.74 Å². The molecule has 5 heteroatoms. The number of aromatic nitrogens is 1. The van der Waals surface area contributed by atoms with Gasteiger partial charge in [0.2, 0.25) is 0 Å². The molecule has 2 aliphatic rings. The van der Waals surface area contributed by atoms with E-state index in [1.807, 2.05) is 11.3 Å². The number of thioether (sulfide) groups is 1. The predicted molar refractivity (Wildman–Crippen MR) is 82.2 cm³/mol. The molecule has 3 rings (SSSR count). The van der Waals surface area contributed by atoms with Gasteiger partial charge in [0.15, 0.2) is 0 Å². The molecule has 106 valence electrons. The number of aryl methyl sites for hydroxylation is 2. The summed E-state index contributed by atoms with van der Waals surface area (Å²) in [5.41, 5.74) is 1.38. The van der Waals surface area contributed by atoms with Crippen molar-refractivity contribution in [3.05, 3.63) is 15.6 Å². The predicted octanol–water partition coefficient (Wildman–Crippen LogP) is 2.66. The standard InChI is InChI=1S/C14H22N2OS2/c1-17-7-6-15-13(10-5-8-18-9-10)14-16-11-3-2-4-12(11)19-14/h10,13,15H,2-9H2,1H3. The van der Waals surface area contributed by atoms with E-state index in [-0.39, 0.29) is 0 Å². The molecule has 2 heterocycles. The van der Waals surface area contributed by atoms with Gasteiger partial charge in [-0.2, -0.15) is 11.8 Å². The van der Waals surface area contributed by atoms with E-state index in [0.717, 1.165) is 19.1 Å². The summed E-state index contributed by atoms with van der Waals surface area (Å²) < 4.78 is 5.17. The first-order chi connectivity index (χ1) is 9.38. The van der Waals surface area contributed by atoms with Crippen molar-refractivity contribution in [2.75, 3.05) is 31.8 Å². The lowest BCUT2D eigenvalue weighted by Gasteiger charge is -2.22. The molecule has 0 spiro atoms. The maximum absolute atomic E-state index is 5.17. The van der Waals surface area contributed by atoms with Crippen LogP contribution in [0.1, 0.15) is 34.5 Å². The van der Waals surface area contributed by atoms with E-state index < -0.39 is 0 Å². The summed E-state index contributed by atoms with van der Waals surface area (Å²) in [6, 6.07) is 0.445. The van der Waals surface area contributed by atoms with E-state index in [1.54, 1.807) is 12.0 Å². The smallest absolute Gasteiger partial charge is 0.110 e. The largest absolute Gasteiger partial charge is 0.383 e. The topological polar surface area (TPSA) is 34.1 Å². The summed E-state index contributed by atoms with van der Waals surface area (Å²) in [6.45, 7) is 1.70. The molecule has 1 fully saturated rings. The summed E-state index contributed by atoms with van der Waals surface area (Å²) in [6.07, 6.45) is 5.06. The van der Waals surface area contributed by atoms with Gasteiger partial charge in [-0.3, -0.25) is 0 Å². The SMILES string of the molecule is COCCNC(c1nc2c(s1)CCC2)C1CCSC1. The first-order valence-corrected chi connectivity index (χ1v) is 9.14. The minimum absolute atomic E-state index is 0.445. The zero-order chi connectivity index (χ0) is 13.1. The molecule has 1 aliphatic heterocycles. The lowest BCUT2D eigenvalue weighted by molar-refractivity contribution is 0.191. The summed E-state index contributed by atoms with van der Waals surface area (Å²) in [5.74, 6) is 3.32. The molecule has 0 amide bonds. The van der Waals surface area contributed by atoms with Crippen molar-refractivity contribution in [3.63, 3.8) is 0 Å². The third-order valence-corrected chi connectivity index (χ3v) is 6.41. The van der Waals surface area contributed by atoms with E-state index >= 15 is 0 Å². The van der Waals surface area contributed by atoms with Crippen molar-refractivity contribution in [2.24, 2.45) is 5.92 Å². The second kappa shape index (κ2) is 6.57. The zero-order valence-corrected chi connectivity index (χ0v) is 13.1. The zero-order valence-electron chi connectivity index (χ0n) is 11.5. The molecule has 0 radical (unpaired) electrons. The average Bonchev–Trinajstić information content (AvgIpc) is 3.10. The van der Waals surface area contributed by atoms with Crippen LogP contribution in [0.4, 0.5) is 0 Å². The molecule has 2 unspecified atom stereocenters. The van der Waals surface area contributed by atoms with Crippen LogP contribution in [-0.4, -0.2) is 36.8 Å². The molecule has 2 atom stereocenters. The Hall–Kier alpha value is -0.100. The van der Waals surface area contributed by atoms with Gasteiger partial charge in [-0.25, -0.2) is 4.98 Å². The van der Waals surface area contributed by atoms with Crippen LogP contribution in [0, 0.1) is 5.92 Å². The fraction of sp³-hybridized carbons (Fsp3) is 0.786. The lowest BCUT2D eigenvalue weighted by Crippen LogP contribution is -2.31. The van der Waals surface area contributed by atoms with E-state index in [1.165, 1.54) is 47.9 Å². The Morgan fingerprint density at radius 1 is 1.47 bits per heavy atom. The van der Waals surface area contributed by atoms with Gasteiger partial charge >= 0.3 is 0 Å². The van der Waals surface area contributed by atoms with Gasteiger partial charge < -0.3 is 10.1 Å². The van der Waals surface area contributed by atoms with Crippen LogP contribution in [0.15, 0.2) is 0 Å². The third-order valence-electron chi connectivity index (χ3n) is 3.99. The second-order valence-electron chi connectivity index (χ2n) is 5.32. The van der Waals surface area contributed by atoms with Crippen LogP contribution in [0.3, 0.4) is 0 Å². The van der Waals surface area contributed by atoms with Crippen LogP contribution in [0.5, 0.6) is 0 Å². The van der Waals surface area contributed by atoms with Crippen molar-refractivity contribution in [1.82, 2.24) is 10.3 Å². The summed E-state index contributed by atoms with van der Waals surface area (Å²) in [4.78, 5) is 6.46. The number of methoxy groups -OCH3 is 1.